The number of phosphoric acid groups is 1. The highest BCUT2D eigenvalue weighted by Gasteiger charge is 2.23. The van der Waals surface area contributed by atoms with Gasteiger partial charge in [-0.1, -0.05) is 190 Å². The average molecular weight is 807 g/mol. The number of rotatable bonds is 38. The maximum Gasteiger partial charge on any atom is 0.469 e. The Hall–Kier alpha value is -2.55. The molecule has 0 bridgehead atoms. The molecule has 0 spiro atoms. The van der Waals surface area contributed by atoms with E-state index in [1.165, 1.54) is 77.0 Å². The second-order valence-corrected chi connectivity index (χ2v) is 16.2. The summed E-state index contributed by atoms with van der Waals surface area (Å²) in [6.45, 7) is 5.71. The molecule has 322 valence electrons. The maximum absolute atomic E-state index is 12.4. The number of hydrogen-bond acceptors (Lipinski definition) is 7. The van der Waals surface area contributed by atoms with Gasteiger partial charge in [0.1, 0.15) is 6.61 Å². The van der Waals surface area contributed by atoms with E-state index in [0.717, 1.165) is 57.3 Å². The van der Waals surface area contributed by atoms with Crippen LogP contribution in [0.2, 0.25) is 0 Å². The van der Waals surface area contributed by atoms with Gasteiger partial charge in [-0.05, 0) is 50.9 Å². The molecule has 0 fully saturated rings. The average Bonchev–Trinajstić information content (AvgIpc) is 3.15. The molecule has 0 radical (unpaired) electrons. The third-order valence-electron chi connectivity index (χ3n) is 9.04. The van der Waals surface area contributed by atoms with E-state index in [2.05, 4.69) is 73.9 Å². The zero-order valence-corrected chi connectivity index (χ0v) is 36.2. The molecule has 0 saturated carbocycles. The molecule has 0 aromatic carbocycles. The van der Waals surface area contributed by atoms with Gasteiger partial charge < -0.3 is 24.4 Å². The Bertz CT molecular complexity index is 1170. The first-order valence-corrected chi connectivity index (χ1v) is 23.2. The van der Waals surface area contributed by atoms with Crippen LogP contribution in [-0.4, -0.2) is 52.3 Å². The highest BCUT2D eigenvalue weighted by atomic mass is 31.2. The first-order valence-electron chi connectivity index (χ1n) is 21.7. The van der Waals surface area contributed by atoms with E-state index < -0.39 is 38.6 Å². The Morgan fingerprint density at radius 1 is 0.571 bits per heavy atom. The lowest BCUT2D eigenvalue weighted by Gasteiger charge is -2.18. The predicted molar refractivity (Wildman–Crippen MR) is 231 cm³/mol. The number of carbonyl (C=O) groups excluding carboxylic acids is 2. The summed E-state index contributed by atoms with van der Waals surface area (Å²) < 4.78 is 26.2. The van der Waals surface area contributed by atoms with E-state index in [4.69, 9.17) is 19.3 Å². The van der Waals surface area contributed by atoms with Crippen molar-refractivity contribution in [2.45, 2.75) is 187 Å². The van der Waals surface area contributed by atoms with Gasteiger partial charge in [0.05, 0.1) is 12.7 Å². The van der Waals surface area contributed by atoms with Gasteiger partial charge in [0, 0.05) is 12.8 Å². The molecular formula is C46H79O9P. The van der Waals surface area contributed by atoms with E-state index in [-0.39, 0.29) is 25.9 Å². The Labute approximate surface area is 341 Å². The number of carbonyl (C=O) groups is 2. The van der Waals surface area contributed by atoms with Crippen molar-refractivity contribution in [3.63, 3.8) is 0 Å². The van der Waals surface area contributed by atoms with E-state index in [1.54, 1.807) is 12.2 Å². The highest BCUT2D eigenvalue weighted by Crippen LogP contribution is 2.36. The first kappa shape index (κ1) is 53.5. The van der Waals surface area contributed by atoms with Crippen molar-refractivity contribution in [1.82, 2.24) is 0 Å². The molecule has 0 aliphatic carbocycles. The molecule has 0 aromatic rings. The fourth-order valence-corrected chi connectivity index (χ4v) is 6.15. The molecule has 0 rings (SSSR count). The minimum absolute atomic E-state index is 0.0881. The first-order chi connectivity index (χ1) is 27.0. The summed E-state index contributed by atoms with van der Waals surface area (Å²) in [6, 6.07) is 0. The molecule has 3 N–H and O–H groups in total. The van der Waals surface area contributed by atoms with Crippen LogP contribution in [0.15, 0.2) is 72.9 Å². The van der Waals surface area contributed by atoms with Gasteiger partial charge in [-0.2, -0.15) is 0 Å². The van der Waals surface area contributed by atoms with E-state index in [1.807, 2.05) is 12.2 Å². The summed E-state index contributed by atoms with van der Waals surface area (Å²) in [5, 5.41) is 10.2. The van der Waals surface area contributed by atoms with E-state index >= 15 is 0 Å². The van der Waals surface area contributed by atoms with Crippen molar-refractivity contribution in [1.29, 1.82) is 0 Å². The third-order valence-corrected chi connectivity index (χ3v) is 9.52. The second-order valence-electron chi connectivity index (χ2n) is 15.0. The van der Waals surface area contributed by atoms with Gasteiger partial charge in [-0.3, -0.25) is 14.1 Å². The molecule has 56 heavy (non-hydrogen) atoms. The van der Waals surface area contributed by atoms with Gasteiger partial charge in [-0.15, -0.1) is 0 Å². The SMILES string of the molecule is CC/C=C\C/C=C\C/C=C\C/C=C\C/C=C\C=C/C(O)CCC(=O)O[C@H](COC(=O)CCCCCCCCCCCCCCCCCC(C)C)COP(=O)(O)O. The summed E-state index contributed by atoms with van der Waals surface area (Å²) in [4.78, 5) is 42.9. The van der Waals surface area contributed by atoms with Crippen LogP contribution < -0.4 is 0 Å². The Balaban J connectivity index is 4.13. The Morgan fingerprint density at radius 2 is 1.04 bits per heavy atom. The maximum atomic E-state index is 12.4. The van der Waals surface area contributed by atoms with Crippen LogP contribution in [0.3, 0.4) is 0 Å². The molecule has 2 atom stereocenters. The van der Waals surface area contributed by atoms with Crippen LogP contribution in [0.5, 0.6) is 0 Å². The van der Waals surface area contributed by atoms with Crippen LogP contribution in [0.1, 0.15) is 175 Å². The van der Waals surface area contributed by atoms with E-state index in [0.29, 0.717) is 6.42 Å². The fraction of sp³-hybridized carbons (Fsp3) is 0.696. The molecule has 0 heterocycles. The molecule has 0 saturated heterocycles. The molecule has 0 aromatic heterocycles. The lowest BCUT2D eigenvalue weighted by Crippen LogP contribution is -2.29. The van der Waals surface area contributed by atoms with Gasteiger partial charge >= 0.3 is 19.8 Å². The summed E-state index contributed by atoms with van der Waals surface area (Å²) in [6.07, 6.45) is 46.7. The largest absolute Gasteiger partial charge is 0.469 e. The Morgan fingerprint density at radius 3 is 1.52 bits per heavy atom. The molecule has 0 aliphatic rings. The van der Waals surface area contributed by atoms with Crippen molar-refractivity contribution >= 4 is 19.8 Å². The fourth-order valence-electron chi connectivity index (χ4n) is 5.79. The summed E-state index contributed by atoms with van der Waals surface area (Å²) in [7, 11) is -4.83. The van der Waals surface area contributed by atoms with Crippen molar-refractivity contribution in [2.24, 2.45) is 5.92 Å². The highest BCUT2D eigenvalue weighted by molar-refractivity contribution is 7.46. The van der Waals surface area contributed by atoms with Gasteiger partial charge in [-0.25, -0.2) is 4.57 Å². The lowest BCUT2D eigenvalue weighted by atomic mass is 10.0. The topological polar surface area (TPSA) is 140 Å². The van der Waals surface area contributed by atoms with Crippen molar-refractivity contribution < 1.29 is 43.0 Å². The number of phosphoric ester groups is 1. The van der Waals surface area contributed by atoms with Gasteiger partial charge in [0.25, 0.3) is 0 Å². The van der Waals surface area contributed by atoms with Crippen molar-refractivity contribution in [3.8, 4) is 0 Å². The number of aliphatic hydroxyl groups is 1. The van der Waals surface area contributed by atoms with Crippen LogP contribution >= 0.6 is 7.82 Å². The number of aliphatic hydroxyl groups excluding tert-OH is 1. The van der Waals surface area contributed by atoms with Crippen LogP contribution in [0, 0.1) is 5.92 Å². The minimum Gasteiger partial charge on any atom is -0.462 e. The number of allylic oxidation sites excluding steroid dienone is 11. The zero-order valence-electron chi connectivity index (χ0n) is 35.3. The number of unbranched alkanes of at least 4 members (excludes halogenated alkanes) is 14. The molecule has 1 unspecified atom stereocenters. The van der Waals surface area contributed by atoms with Gasteiger partial charge in [0.2, 0.25) is 0 Å². The second kappa shape index (κ2) is 39.3. The molecule has 9 nitrogen and oxygen atoms in total. The molecular weight excluding hydrogens is 727 g/mol. The quantitative estimate of drug-likeness (QED) is 0.0183. The van der Waals surface area contributed by atoms with Gasteiger partial charge in [0.15, 0.2) is 6.10 Å². The predicted octanol–water partition coefficient (Wildman–Crippen LogP) is 12.3. The monoisotopic (exact) mass is 807 g/mol. The molecule has 0 aliphatic heterocycles. The molecule has 10 heteroatoms. The van der Waals surface area contributed by atoms with Crippen LogP contribution in [0.25, 0.3) is 0 Å². The van der Waals surface area contributed by atoms with E-state index in [9.17, 15) is 19.3 Å². The summed E-state index contributed by atoms with van der Waals surface area (Å²) in [5.74, 6) is -0.340. The normalized spacial score (nSPS) is 13.8. The van der Waals surface area contributed by atoms with Crippen molar-refractivity contribution in [2.75, 3.05) is 13.2 Å². The minimum atomic E-state index is -4.83. The number of ether oxygens (including phenoxy) is 2. The standard InChI is InChI=1S/C46H79O9P/c1-4-5-6-7-8-9-10-11-12-15-18-21-24-27-30-33-36-43(47)38-39-46(49)55-44(41-54-56(50,51)52)40-53-45(48)37-34-31-28-25-22-19-16-13-14-17-20-23-26-29-32-35-42(2)3/h5-6,8-9,11-12,18,21,27,30,33,36,42-44,47H,4,7,10,13-17,19-20,22-26,28-29,31-32,34-35,37-41H2,1-3H3,(H2,50,51,52)/b6-5-,9-8-,12-11-,21-18-,30-27-,36-33-/t43?,44-/m1/s1. The van der Waals surface area contributed by atoms with Crippen LogP contribution in [0.4, 0.5) is 0 Å². The smallest absolute Gasteiger partial charge is 0.462 e. The number of hydrogen-bond donors (Lipinski definition) is 3. The number of esters is 2. The summed E-state index contributed by atoms with van der Waals surface area (Å²) in [5.41, 5.74) is 0. The van der Waals surface area contributed by atoms with Crippen molar-refractivity contribution in [3.05, 3.63) is 72.9 Å². The Kier molecular flexibility index (Phi) is 37.5. The molecule has 0 amide bonds. The van der Waals surface area contributed by atoms with Crippen LogP contribution in [-0.2, 0) is 28.2 Å². The third kappa shape index (κ3) is 42.6. The lowest BCUT2D eigenvalue weighted by molar-refractivity contribution is -0.161. The zero-order chi connectivity index (χ0) is 41.4. The summed E-state index contributed by atoms with van der Waals surface area (Å²) >= 11 is 0.